The number of sulfonamides is 1. The van der Waals surface area contributed by atoms with Gasteiger partial charge in [-0.2, -0.15) is 31.4 Å². The van der Waals surface area contributed by atoms with Gasteiger partial charge in [-0.15, -0.1) is 0 Å². The molecule has 0 aliphatic heterocycles. The second-order valence-corrected chi connectivity index (χ2v) is 10.0. The number of anilines is 1. The van der Waals surface area contributed by atoms with Gasteiger partial charge < -0.3 is 5.32 Å². The van der Waals surface area contributed by atoms with E-state index in [0.29, 0.717) is 18.4 Å². The monoisotopic (exact) mass is 570 g/mol. The molecule has 38 heavy (non-hydrogen) atoms. The summed E-state index contributed by atoms with van der Waals surface area (Å²) in [4.78, 5) is 12.8. The quantitative estimate of drug-likeness (QED) is 0.396. The zero-order chi connectivity index (χ0) is 28.8. The summed E-state index contributed by atoms with van der Waals surface area (Å²) >= 11 is 0. The van der Waals surface area contributed by atoms with Crippen molar-refractivity contribution in [3.63, 3.8) is 0 Å². The molecule has 0 saturated carbocycles. The number of nitrogens with zero attached hydrogens (tertiary/aromatic N) is 2. The Morgan fingerprint density at radius 3 is 1.87 bits per heavy atom. The average molecular weight is 570 g/mol. The van der Waals surface area contributed by atoms with Gasteiger partial charge >= 0.3 is 12.4 Å². The summed E-state index contributed by atoms with van der Waals surface area (Å²) < 4.78 is 133. The molecule has 0 spiro atoms. The summed E-state index contributed by atoms with van der Waals surface area (Å²) in [5.74, 6) is -3.44. The Bertz CT molecular complexity index is 1440. The lowest BCUT2D eigenvalue weighted by Gasteiger charge is -2.16. The van der Waals surface area contributed by atoms with Crippen LogP contribution < -0.4 is 10.0 Å². The molecule has 0 fully saturated rings. The van der Waals surface area contributed by atoms with Gasteiger partial charge in [-0.25, -0.2) is 17.2 Å². The van der Waals surface area contributed by atoms with E-state index in [2.05, 4.69) is 10.4 Å². The minimum Gasteiger partial charge on any atom is -0.344 e. The van der Waals surface area contributed by atoms with Crippen molar-refractivity contribution in [2.24, 2.45) is 7.05 Å². The maximum Gasteiger partial charge on any atom is 0.416 e. The Morgan fingerprint density at radius 2 is 1.42 bits per heavy atom. The van der Waals surface area contributed by atoms with E-state index in [1.54, 1.807) is 4.72 Å². The molecule has 2 N–H and O–H groups in total. The average Bonchev–Trinajstić information content (AvgIpc) is 3.15. The molecule has 0 radical (unpaired) electrons. The van der Waals surface area contributed by atoms with Crippen molar-refractivity contribution < 1.29 is 48.3 Å². The Morgan fingerprint density at radius 1 is 0.921 bits per heavy atom. The van der Waals surface area contributed by atoms with Gasteiger partial charge in [-0.1, -0.05) is 0 Å². The zero-order valence-corrected chi connectivity index (χ0v) is 20.4. The molecule has 0 saturated heterocycles. The standard InChI is InChI=1S/C22H18F8N4O3S/c1-10(11-6-15(23)19(16(24)7-11)33-38(3,36)37)31-20(35)18-9-17(32-34(18)2)12-4-13(21(25,26)27)8-14(5-12)22(28,29)30/h4-10,33H,1-3H3,(H,31,35)/t10-/m1/s1. The summed E-state index contributed by atoms with van der Waals surface area (Å²) in [5.41, 5.74) is -5.36. The molecule has 1 atom stereocenters. The van der Waals surface area contributed by atoms with Crippen molar-refractivity contribution >= 4 is 21.6 Å². The molecule has 3 rings (SSSR count). The third-order valence-electron chi connectivity index (χ3n) is 5.20. The number of aryl methyl sites for hydroxylation is 1. The molecule has 1 heterocycles. The van der Waals surface area contributed by atoms with E-state index in [4.69, 9.17) is 0 Å². The Labute approximate surface area is 210 Å². The molecule has 1 amide bonds. The Balaban J connectivity index is 1.91. The van der Waals surface area contributed by atoms with E-state index in [1.165, 1.54) is 14.0 Å². The van der Waals surface area contributed by atoms with Crippen molar-refractivity contribution in [3.8, 4) is 11.3 Å². The molecule has 3 aromatic rings. The van der Waals surface area contributed by atoms with E-state index in [9.17, 15) is 48.3 Å². The molecule has 0 bridgehead atoms. The van der Waals surface area contributed by atoms with Crippen molar-refractivity contribution in [2.45, 2.75) is 25.3 Å². The first-order valence-electron chi connectivity index (χ1n) is 10.4. The molecule has 2 aromatic carbocycles. The topological polar surface area (TPSA) is 93.1 Å². The number of alkyl halides is 6. The number of aromatic nitrogens is 2. The van der Waals surface area contributed by atoms with Crippen LogP contribution in [0.4, 0.5) is 40.8 Å². The molecule has 206 valence electrons. The van der Waals surface area contributed by atoms with Gasteiger partial charge in [0.25, 0.3) is 5.91 Å². The number of rotatable bonds is 6. The first kappa shape index (κ1) is 28.9. The highest BCUT2D eigenvalue weighted by Gasteiger charge is 2.37. The largest absolute Gasteiger partial charge is 0.416 e. The number of carbonyl (C=O) groups excluding carboxylic acids is 1. The Kier molecular flexibility index (Phi) is 7.51. The number of amides is 1. The highest BCUT2D eigenvalue weighted by Crippen LogP contribution is 2.38. The summed E-state index contributed by atoms with van der Waals surface area (Å²) in [6.07, 6.45) is -9.48. The van der Waals surface area contributed by atoms with Crippen molar-refractivity contribution in [1.82, 2.24) is 15.1 Å². The molecule has 0 aliphatic rings. The van der Waals surface area contributed by atoms with Crippen LogP contribution in [0.3, 0.4) is 0 Å². The van der Waals surface area contributed by atoms with Crippen LogP contribution in [0.15, 0.2) is 36.4 Å². The van der Waals surface area contributed by atoms with Crippen LogP contribution in [0, 0.1) is 11.6 Å². The number of benzene rings is 2. The van der Waals surface area contributed by atoms with Crippen molar-refractivity contribution in [2.75, 3.05) is 11.0 Å². The summed E-state index contributed by atoms with van der Waals surface area (Å²) in [6.45, 7) is 1.33. The van der Waals surface area contributed by atoms with Gasteiger partial charge in [0, 0.05) is 12.6 Å². The van der Waals surface area contributed by atoms with Crippen LogP contribution in [-0.4, -0.2) is 30.4 Å². The maximum absolute atomic E-state index is 14.3. The smallest absolute Gasteiger partial charge is 0.344 e. The minimum atomic E-state index is -5.09. The number of hydrogen-bond acceptors (Lipinski definition) is 4. The number of carbonyl (C=O) groups is 1. The number of hydrogen-bond donors (Lipinski definition) is 2. The van der Waals surface area contributed by atoms with Gasteiger partial charge in [0.05, 0.1) is 29.1 Å². The fraction of sp³-hybridized carbons (Fsp3) is 0.273. The molecule has 1 aromatic heterocycles. The second kappa shape index (κ2) is 9.89. The molecule has 16 heteroatoms. The summed E-state index contributed by atoms with van der Waals surface area (Å²) in [7, 11) is -2.78. The highest BCUT2D eigenvalue weighted by molar-refractivity contribution is 7.92. The van der Waals surface area contributed by atoms with E-state index >= 15 is 0 Å². The normalized spacial score (nSPS) is 13.3. The molecule has 7 nitrogen and oxygen atoms in total. The van der Waals surface area contributed by atoms with Crippen molar-refractivity contribution in [3.05, 3.63) is 70.4 Å². The number of halogens is 8. The van der Waals surface area contributed by atoms with Gasteiger partial charge in [0.2, 0.25) is 10.0 Å². The molecular formula is C22H18F8N4O3S. The van der Waals surface area contributed by atoms with Crippen LogP contribution in [0.1, 0.15) is 40.1 Å². The van der Waals surface area contributed by atoms with Crippen LogP contribution in [-0.2, 0) is 29.4 Å². The van der Waals surface area contributed by atoms with Gasteiger partial charge in [0.15, 0.2) is 11.6 Å². The van der Waals surface area contributed by atoms with Crippen LogP contribution in [0.5, 0.6) is 0 Å². The highest BCUT2D eigenvalue weighted by atomic mass is 32.2. The maximum atomic E-state index is 14.3. The van der Waals surface area contributed by atoms with Gasteiger partial charge in [-0.05, 0) is 48.9 Å². The van der Waals surface area contributed by atoms with Crippen LogP contribution in [0.25, 0.3) is 11.3 Å². The lowest BCUT2D eigenvalue weighted by atomic mass is 10.0. The summed E-state index contributed by atoms with van der Waals surface area (Å²) in [6, 6.07) is 2.31. The first-order chi connectivity index (χ1) is 17.3. The van der Waals surface area contributed by atoms with Gasteiger partial charge in [-0.3, -0.25) is 14.2 Å². The fourth-order valence-electron chi connectivity index (χ4n) is 3.40. The Hall–Kier alpha value is -3.69. The number of nitrogens with one attached hydrogen (secondary N) is 2. The lowest BCUT2D eigenvalue weighted by Crippen LogP contribution is -2.28. The summed E-state index contributed by atoms with van der Waals surface area (Å²) in [5, 5.41) is 6.22. The second-order valence-electron chi connectivity index (χ2n) is 8.26. The van der Waals surface area contributed by atoms with Crippen molar-refractivity contribution in [1.29, 1.82) is 0 Å². The molecule has 0 aliphatic carbocycles. The van der Waals surface area contributed by atoms with Gasteiger partial charge in [0.1, 0.15) is 11.4 Å². The van der Waals surface area contributed by atoms with Crippen LogP contribution >= 0.6 is 0 Å². The predicted octanol–water partition coefficient (Wildman–Crippen LogP) is 5.27. The zero-order valence-electron chi connectivity index (χ0n) is 19.6. The minimum absolute atomic E-state index is 0.0449. The SMILES string of the molecule is C[C@@H](NC(=O)c1cc(-c2cc(C(F)(F)F)cc(C(F)(F)F)c2)nn1C)c1cc(F)c(NS(C)(=O)=O)c(F)c1. The fourth-order valence-corrected chi connectivity index (χ4v) is 3.97. The van der Waals surface area contributed by atoms with Crippen LogP contribution in [0.2, 0.25) is 0 Å². The third kappa shape index (κ3) is 6.59. The lowest BCUT2D eigenvalue weighted by molar-refractivity contribution is -0.143. The van der Waals surface area contributed by atoms with E-state index < -0.39 is 68.3 Å². The molecule has 0 unspecified atom stereocenters. The third-order valence-corrected chi connectivity index (χ3v) is 5.77. The first-order valence-corrected chi connectivity index (χ1v) is 12.3. The van der Waals surface area contributed by atoms with E-state index in [-0.39, 0.29) is 23.0 Å². The van der Waals surface area contributed by atoms with E-state index in [0.717, 1.165) is 22.9 Å². The van der Waals surface area contributed by atoms with E-state index in [1.807, 2.05) is 0 Å². The molecular weight excluding hydrogens is 552 g/mol. The predicted molar refractivity (Wildman–Crippen MR) is 119 cm³/mol.